The minimum Gasteiger partial charge on any atom is -0.413 e. The normalized spacial score (nSPS) is 20.5. The van der Waals surface area contributed by atoms with Crippen molar-refractivity contribution in [3.8, 4) is 0 Å². The molecule has 6 heteroatoms. The Balaban J connectivity index is 1.66. The van der Waals surface area contributed by atoms with Crippen LogP contribution in [0.5, 0.6) is 0 Å². The lowest BCUT2D eigenvalue weighted by Crippen LogP contribution is -2.44. The summed E-state index contributed by atoms with van der Waals surface area (Å²) >= 11 is 1.93. The summed E-state index contributed by atoms with van der Waals surface area (Å²) < 4.78 is 9.15. The Morgan fingerprint density at radius 3 is 2.29 bits per heavy atom. The molecule has 2 aromatic carbocycles. The van der Waals surface area contributed by atoms with Crippen molar-refractivity contribution in [2.24, 2.45) is 7.05 Å². The Labute approximate surface area is 210 Å². The largest absolute Gasteiger partial charge is 0.413 e. The molecule has 0 spiro atoms. The molecule has 0 radical (unpaired) electrons. The van der Waals surface area contributed by atoms with E-state index in [2.05, 4.69) is 117 Å². The van der Waals surface area contributed by atoms with Crippen molar-refractivity contribution in [1.29, 1.82) is 0 Å². The highest BCUT2D eigenvalue weighted by Gasteiger charge is 2.45. The van der Waals surface area contributed by atoms with Gasteiger partial charge in [0.25, 0.3) is 0 Å². The quantitative estimate of drug-likeness (QED) is 0.252. The van der Waals surface area contributed by atoms with Crippen LogP contribution in [-0.4, -0.2) is 41.5 Å². The minimum absolute atomic E-state index is 0.202. The average molecular weight is 494 g/mol. The topological polar surface area (TPSA) is 30.3 Å². The van der Waals surface area contributed by atoms with Crippen LogP contribution < -0.4 is 0 Å². The second-order valence-electron chi connectivity index (χ2n) is 11.0. The first-order valence-electron chi connectivity index (χ1n) is 12.3. The molecule has 0 saturated carbocycles. The summed E-state index contributed by atoms with van der Waals surface area (Å²) in [4.78, 5) is 8.74. The number of nitrogens with zero attached hydrogens (tertiary/aromatic N) is 3. The van der Waals surface area contributed by atoms with Crippen molar-refractivity contribution >= 4 is 20.1 Å². The molecule has 1 aromatic heterocycles. The van der Waals surface area contributed by atoms with Crippen molar-refractivity contribution < 1.29 is 4.43 Å². The van der Waals surface area contributed by atoms with Gasteiger partial charge in [-0.2, -0.15) is 0 Å². The molecule has 1 saturated heterocycles. The van der Waals surface area contributed by atoms with Crippen molar-refractivity contribution in [3.05, 3.63) is 84.4 Å². The Hall–Kier alpha value is -1.86. The first-order chi connectivity index (χ1) is 16.1. The summed E-state index contributed by atoms with van der Waals surface area (Å²) in [7, 11) is 0.251. The molecule has 3 aromatic rings. The molecule has 3 atom stereocenters. The van der Waals surface area contributed by atoms with E-state index in [4.69, 9.17) is 9.41 Å². The predicted octanol–water partition coefficient (Wildman–Crippen LogP) is 6.92. The number of thioether (sulfide) groups is 1. The van der Waals surface area contributed by atoms with Gasteiger partial charge < -0.3 is 8.99 Å². The zero-order valence-electron chi connectivity index (χ0n) is 21.4. The van der Waals surface area contributed by atoms with Crippen LogP contribution in [0.15, 0.2) is 78.0 Å². The molecule has 4 rings (SSSR count). The summed E-state index contributed by atoms with van der Waals surface area (Å²) in [6.07, 6.45) is 5.26. The van der Waals surface area contributed by atoms with Crippen LogP contribution in [0.1, 0.15) is 43.8 Å². The third-order valence-corrected chi connectivity index (χ3v) is 13.2. The molecule has 0 aliphatic carbocycles. The maximum atomic E-state index is 6.97. The third-order valence-electron chi connectivity index (χ3n) is 7.38. The first kappa shape index (κ1) is 25.2. The zero-order valence-corrected chi connectivity index (χ0v) is 23.3. The molecule has 0 N–H and O–H groups in total. The van der Waals surface area contributed by atoms with Crippen LogP contribution >= 0.6 is 11.8 Å². The predicted molar refractivity (Wildman–Crippen MR) is 146 cm³/mol. The Kier molecular flexibility index (Phi) is 7.72. The molecule has 2 heterocycles. The molecule has 0 bridgehead atoms. The van der Waals surface area contributed by atoms with Gasteiger partial charge in [-0.3, -0.25) is 4.90 Å². The number of hydrogen-bond acceptors (Lipinski definition) is 4. The minimum atomic E-state index is -1.86. The van der Waals surface area contributed by atoms with E-state index in [0.29, 0.717) is 6.04 Å². The molecule has 1 fully saturated rings. The lowest BCUT2D eigenvalue weighted by molar-refractivity contribution is 0.177. The van der Waals surface area contributed by atoms with Gasteiger partial charge in [0.05, 0.1) is 11.4 Å². The molecular weight excluding hydrogens is 454 g/mol. The van der Waals surface area contributed by atoms with Crippen LogP contribution in [0.25, 0.3) is 0 Å². The van der Waals surface area contributed by atoms with Gasteiger partial charge in [-0.25, -0.2) is 4.98 Å². The van der Waals surface area contributed by atoms with Crippen LogP contribution in [0, 0.1) is 0 Å². The van der Waals surface area contributed by atoms with Gasteiger partial charge in [0, 0.05) is 43.5 Å². The fourth-order valence-corrected chi connectivity index (χ4v) is 7.22. The maximum Gasteiger partial charge on any atom is 0.192 e. The monoisotopic (exact) mass is 493 g/mol. The van der Waals surface area contributed by atoms with Gasteiger partial charge in [0.2, 0.25) is 0 Å². The van der Waals surface area contributed by atoms with Crippen molar-refractivity contribution in [2.75, 3.05) is 6.54 Å². The van der Waals surface area contributed by atoms with Gasteiger partial charge in [-0.15, -0.1) is 11.8 Å². The van der Waals surface area contributed by atoms with E-state index in [1.54, 1.807) is 0 Å². The maximum absolute atomic E-state index is 6.97. The second kappa shape index (κ2) is 10.4. The molecule has 1 unspecified atom stereocenters. The Morgan fingerprint density at radius 2 is 1.71 bits per heavy atom. The van der Waals surface area contributed by atoms with E-state index in [9.17, 15) is 0 Å². The van der Waals surface area contributed by atoms with Gasteiger partial charge in [0.15, 0.2) is 8.32 Å². The molecule has 1 aliphatic rings. The fraction of sp³-hybridized carbons (Fsp3) is 0.464. The summed E-state index contributed by atoms with van der Waals surface area (Å²) in [6.45, 7) is 13.6. The van der Waals surface area contributed by atoms with Gasteiger partial charge >= 0.3 is 0 Å². The highest BCUT2D eigenvalue weighted by Crippen LogP contribution is 2.45. The van der Waals surface area contributed by atoms with Crippen LogP contribution in [0.4, 0.5) is 0 Å². The zero-order chi connectivity index (χ0) is 24.3. The fourth-order valence-electron chi connectivity index (χ4n) is 4.48. The smallest absolute Gasteiger partial charge is 0.192 e. The van der Waals surface area contributed by atoms with Crippen molar-refractivity contribution in [3.63, 3.8) is 0 Å². The van der Waals surface area contributed by atoms with Crippen molar-refractivity contribution in [1.82, 2.24) is 14.5 Å². The summed E-state index contributed by atoms with van der Waals surface area (Å²) in [5.41, 5.74) is 1.35. The second-order valence-corrected chi connectivity index (χ2v) is 16.9. The number of aryl methyl sites for hydroxylation is 1. The first-order valence-corrected chi connectivity index (χ1v) is 16.1. The highest BCUT2D eigenvalue weighted by atomic mass is 32.2. The number of imidazole rings is 1. The molecule has 4 nitrogen and oxygen atoms in total. The Morgan fingerprint density at radius 1 is 1.06 bits per heavy atom. The van der Waals surface area contributed by atoms with E-state index in [1.807, 2.05) is 18.0 Å². The van der Waals surface area contributed by atoms with Crippen LogP contribution in [0.2, 0.25) is 18.1 Å². The standard InChI is InChI=1S/C28H39N3OSSi/c1-28(2,3)34(5,6)32-23-19-25(31(21-23)20-22-13-9-7-10-14-22)26(27-29-17-18-30(27)4)33-24-15-11-8-12-16-24/h7-18,23,25-26H,19-21H2,1-6H3/t23-,25+,26?/m1/s1. The van der Waals surface area contributed by atoms with Crippen LogP contribution in [-0.2, 0) is 18.0 Å². The van der Waals surface area contributed by atoms with E-state index in [1.165, 1.54) is 10.5 Å². The number of likely N-dealkylation sites (tertiary alicyclic amines) is 1. The number of hydrogen-bond donors (Lipinski definition) is 0. The molecule has 1 aliphatic heterocycles. The van der Waals surface area contributed by atoms with E-state index in [0.717, 1.165) is 25.3 Å². The van der Waals surface area contributed by atoms with Gasteiger partial charge in [0.1, 0.15) is 5.82 Å². The molecule has 34 heavy (non-hydrogen) atoms. The van der Waals surface area contributed by atoms with Gasteiger partial charge in [-0.1, -0.05) is 69.3 Å². The van der Waals surface area contributed by atoms with Gasteiger partial charge in [-0.05, 0) is 42.2 Å². The molecule has 0 amide bonds. The van der Waals surface area contributed by atoms with Crippen LogP contribution in [0.3, 0.4) is 0 Å². The highest BCUT2D eigenvalue weighted by molar-refractivity contribution is 7.99. The lowest BCUT2D eigenvalue weighted by Gasteiger charge is -2.38. The average Bonchev–Trinajstić information content (AvgIpc) is 3.38. The number of aromatic nitrogens is 2. The summed E-state index contributed by atoms with van der Waals surface area (Å²) in [5, 5.41) is 0.423. The van der Waals surface area contributed by atoms with Crippen molar-refractivity contribution in [2.45, 2.75) is 74.2 Å². The third kappa shape index (κ3) is 5.85. The lowest BCUT2D eigenvalue weighted by atomic mass is 10.1. The summed E-state index contributed by atoms with van der Waals surface area (Å²) in [6, 6.07) is 21.9. The van der Waals surface area contributed by atoms with E-state index in [-0.39, 0.29) is 16.4 Å². The van der Waals surface area contributed by atoms with E-state index < -0.39 is 8.32 Å². The Bertz CT molecular complexity index is 1050. The molecular formula is C28H39N3OSSi. The van der Waals surface area contributed by atoms with E-state index >= 15 is 0 Å². The number of benzene rings is 2. The summed E-state index contributed by atoms with van der Waals surface area (Å²) in [5.74, 6) is 1.13. The SMILES string of the molecule is Cn1ccnc1C(Sc1ccccc1)[C@@H]1C[C@@H](O[Si](C)(C)C(C)(C)C)CN1Cc1ccccc1. The number of rotatable bonds is 8. The molecule has 182 valence electrons.